The van der Waals surface area contributed by atoms with Gasteiger partial charge in [0.2, 0.25) is 0 Å². The average Bonchev–Trinajstić information content (AvgIpc) is 3.16. The number of hydrazine groups is 1. The Bertz CT molecular complexity index is 1020. The smallest absolute Gasteiger partial charge is 0.265 e. The average molecular weight is 475 g/mol. The lowest BCUT2D eigenvalue weighted by atomic mass is 9.94. The Kier molecular flexibility index (Phi) is 7.51. The van der Waals surface area contributed by atoms with Crippen LogP contribution >= 0.6 is 0 Å². The molecule has 6 heteroatoms. The van der Waals surface area contributed by atoms with E-state index in [0.717, 1.165) is 57.5 Å². The maximum atomic E-state index is 12.9. The van der Waals surface area contributed by atoms with E-state index >= 15 is 0 Å². The Morgan fingerprint density at radius 3 is 2.51 bits per heavy atom. The molecular weight excluding hydrogens is 436 g/mol. The fourth-order valence-electron chi connectivity index (χ4n) is 6.21. The van der Waals surface area contributed by atoms with Crippen molar-refractivity contribution < 1.29 is 9.90 Å². The molecule has 3 heterocycles. The third kappa shape index (κ3) is 5.45. The lowest BCUT2D eigenvalue weighted by molar-refractivity contribution is 0.0750. The number of carbonyl (C=O) groups excluding carboxylic acids is 1. The summed E-state index contributed by atoms with van der Waals surface area (Å²) >= 11 is 0. The summed E-state index contributed by atoms with van der Waals surface area (Å²) in [7, 11) is 0. The number of piperidine rings is 1. The van der Waals surface area contributed by atoms with Gasteiger partial charge in [0.25, 0.3) is 5.91 Å². The molecule has 3 aliphatic rings. The number of carbonyl (C=O) groups is 1. The molecule has 6 nitrogen and oxygen atoms in total. The van der Waals surface area contributed by atoms with Gasteiger partial charge in [0.15, 0.2) is 0 Å². The van der Waals surface area contributed by atoms with Gasteiger partial charge in [-0.2, -0.15) is 0 Å². The maximum Gasteiger partial charge on any atom is 0.265 e. The molecule has 0 saturated carbocycles. The minimum Gasteiger partial charge on any atom is -0.508 e. The van der Waals surface area contributed by atoms with Crippen LogP contribution in [0.5, 0.6) is 5.75 Å². The lowest BCUT2D eigenvalue weighted by Crippen LogP contribution is -2.45. The van der Waals surface area contributed by atoms with Crippen LogP contribution in [0.1, 0.15) is 66.1 Å². The number of hydrogen-bond acceptors (Lipinski definition) is 5. The number of nitrogens with one attached hydrogen (secondary N) is 1. The number of nitrogens with zero attached hydrogens (tertiary/aromatic N) is 3. The molecule has 2 aromatic carbocycles. The van der Waals surface area contributed by atoms with E-state index < -0.39 is 0 Å². The van der Waals surface area contributed by atoms with Crippen molar-refractivity contribution in [3.8, 4) is 5.75 Å². The second-order valence-electron chi connectivity index (χ2n) is 10.3. The van der Waals surface area contributed by atoms with Crippen molar-refractivity contribution in [2.24, 2.45) is 0 Å². The monoisotopic (exact) mass is 474 g/mol. The maximum absolute atomic E-state index is 12.9. The van der Waals surface area contributed by atoms with Gasteiger partial charge >= 0.3 is 0 Å². The first-order valence-corrected chi connectivity index (χ1v) is 13.2. The molecule has 0 spiro atoms. The predicted molar refractivity (Wildman–Crippen MR) is 139 cm³/mol. The first-order chi connectivity index (χ1) is 17.1. The van der Waals surface area contributed by atoms with Crippen molar-refractivity contribution in [3.63, 3.8) is 0 Å². The summed E-state index contributed by atoms with van der Waals surface area (Å²) in [5.74, 6) is 0.253. The van der Waals surface area contributed by atoms with Crippen LogP contribution in [0.3, 0.4) is 0 Å². The summed E-state index contributed by atoms with van der Waals surface area (Å²) in [6.07, 6.45) is 9.03. The van der Waals surface area contributed by atoms with E-state index in [1.165, 1.54) is 24.8 Å². The molecule has 2 bridgehead atoms. The number of fused-ring (bicyclic) bond motifs is 2. The van der Waals surface area contributed by atoms with Crippen LogP contribution in [0, 0.1) is 0 Å². The number of rotatable bonds is 7. The van der Waals surface area contributed by atoms with E-state index in [0.29, 0.717) is 23.4 Å². The Balaban J connectivity index is 1.42. The molecule has 3 atom stereocenters. The van der Waals surface area contributed by atoms with Crippen molar-refractivity contribution in [2.45, 2.75) is 56.7 Å². The second-order valence-corrected chi connectivity index (χ2v) is 10.3. The van der Waals surface area contributed by atoms with Gasteiger partial charge in [0, 0.05) is 50.4 Å². The summed E-state index contributed by atoms with van der Waals surface area (Å²) in [6.45, 7) is 8.84. The van der Waals surface area contributed by atoms with Gasteiger partial charge in [-0.1, -0.05) is 36.8 Å². The molecule has 5 rings (SSSR count). The van der Waals surface area contributed by atoms with E-state index in [-0.39, 0.29) is 11.9 Å². The van der Waals surface area contributed by atoms with Gasteiger partial charge in [-0.15, -0.1) is 6.58 Å². The van der Waals surface area contributed by atoms with Crippen molar-refractivity contribution in [1.29, 1.82) is 0 Å². The van der Waals surface area contributed by atoms with Crippen LogP contribution in [0.4, 0.5) is 0 Å². The molecule has 1 amide bonds. The molecule has 2 N–H and O–H groups in total. The highest BCUT2D eigenvalue weighted by atomic mass is 16.3. The number of phenolic OH excluding ortho intramolecular Hbond substituents is 1. The normalized spacial score (nSPS) is 24.6. The first-order valence-electron chi connectivity index (χ1n) is 13.2. The van der Waals surface area contributed by atoms with Crippen molar-refractivity contribution >= 4 is 5.91 Å². The Labute approximate surface area is 209 Å². The zero-order chi connectivity index (χ0) is 24.2. The van der Waals surface area contributed by atoms with Crippen molar-refractivity contribution in [3.05, 3.63) is 77.9 Å². The van der Waals surface area contributed by atoms with Crippen LogP contribution in [0.15, 0.2) is 61.2 Å². The fourth-order valence-corrected chi connectivity index (χ4v) is 6.21. The Hall–Kier alpha value is -2.67. The minimum atomic E-state index is -0.0396. The molecular formula is C29H38N4O2. The molecule has 3 fully saturated rings. The van der Waals surface area contributed by atoms with E-state index in [4.69, 9.17) is 0 Å². The number of amides is 1. The Morgan fingerprint density at radius 1 is 1.00 bits per heavy atom. The number of aromatic hydroxyl groups is 1. The summed E-state index contributed by atoms with van der Waals surface area (Å²) in [6, 6.07) is 16.8. The van der Waals surface area contributed by atoms with Gasteiger partial charge in [0.1, 0.15) is 5.75 Å². The third-order valence-electron chi connectivity index (χ3n) is 7.90. The molecule has 2 aromatic rings. The summed E-state index contributed by atoms with van der Waals surface area (Å²) in [5, 5.41) is 12.3. The highest BCUT2D eigenvalue weighted by Crippen LogP contribution is 2.41. The van der Waals surface area contributed by atoms with E-state index in [1.807, 2.05) is 35.4 Å². The Morgan fingerprint density at radius 2 is 1.77 bits per heavy atom. The largest absolute Gasteiger partial charge is 0.508 e. The van der Waals surface area contributed by atoms with Crippen LogP contribution in [-0.2, 0) is 0 Å². The number of hydrogen-bond donors (Lipinski definition) is 2. The van der Waals surface area contributed by atoms with Gasteiger partial charge < -0.3 is 5.11 Å². The molecule has 0 radical (unpaired) electrons. The first kappa shape index (κ1) is 24.0. The molecule has 0 aliphatic carbocycles. The highest BCUT2D eigenvalue weighted by Gasteiger charge is 2.41. The predicted octanol–water partition coefficient (Wildman–Crippen LogP) is 4.34. The molecule has 0 aromatic heterocycles. The standard InChI is InChI=1S/C29H38N4O2/c1-2-16-31-19-15-25-13-14-26(21-31)33(25)28(24-7-6-8-27(34)20-24)22-9-11-23(12-10-22)29(35)30-32-17-4-3-5-18-32/h2,6-12,20,25-26,28,34H,1,3-5,13-19,21H2,(H,30,35). The van der Waals surface area contributed by atoms with Crippen LogP contribution in [0.25, 0.3) is 0 Å². The van der Waals surface area contributed by atoms with Gasteiger partial charge in [-0.05, 0) is 67.5 Å². The third-order valence-corrected chi connectivity index (χ3v) is 7.90. The quantitative estimate of drug-likeness (QED) is 0.585. The van der Waals surface area contributed by atoms with Gasteiger partial charge in [0.05, 0.1) is 6.04 Å². The van der Waals surface area contributed by atoms with Crippen molar-refractivity contribution in [1.82, 2.24) is 20.2 Å². The number of likely N-dealkylation sites (tertiary alicyclic amines) is 1. The fraction of sp³-hybridized carbons (Fsp3) is 0.483. The van der Waals surface area contributed by atoms with Crippen molar-refractivity contribution in [2.75, 3.05) is 32.7 Å². The van der Waals surface area contributed by atoms with Crippen LogP contribution in [-0.4, -0.2) is 70.6 Å². The van der Waals surface area contributed by atoms with Crippen LogP contribution < -0.4 is 5.43 Å². The number of phenols is 1. The minimum absolute atomic E-state index is 0.0396. The molecule has 186 valence electrons. The summed E-state index contributed by atoms with van der Waals surface area (Å²) in [4.78, 5) is 18.1. The highest BCUT2D eigenvalue weighted by molar-refractivity contribution is 5.93. The molecule has 3 saturated heterocycles. The summed E-state index contributed by atoms with van der Waals surface area (Å²) < 4.78 is 0. The lowest BCUT2D eigenvalue weighted by Gasteiger charge is -2.37. The topological polar surface area (TPSA) is 59.0 Å². The van der Waals surface area contributed by atoms with E-state index in [1.54, 1.807) is 6.07 Å². The second kappa shape index (κ2) is 10.9. The van der Waals surface area contributed by atoms with E-state index in [2.05, 4.69) is 40.0 Å². The zero-order valence-corrected chi connectivity index (χ0v) is 20.6. The van der Waals surface area contributed by atoms with E-state index in [9.17, 15) is 9.90 Å². The number of benzene rings is 2. The van der Waals surface area contributed by atoms with Gasteiger partial charge in [-0.3, -0.25) is 20.0 Å². The molecule has 3 unspecified atom stereocenters. The molecule has 3 aliphatic heterocycles. The summed E-state index contributed by atoms with van der Waals surface area (Å²) in [5.41, 5.74) is 6.03. The van der Waals surface area contributed by atoms with Crippen LogP contribution in [0.2, 0.25) is 0 Å². The SMILES string of the molecule is C=CCN1CCC2CCC(C1)N2C(c1ccc(C(=O)NN2CCCCC2)cc1)c1cccc(O)c1. The zero-order valence-electron chi connectivity index (χ0n) is 20.6. The van der Waals surface area contributed by atoms with Gasteiger partial charge in [-0.25, -0.2) is 5.01 Å². The molecule has 35 heavy (non-hydrogen) atoms.